The monoisotopic (exact) mass is 510 g/mol. The first-order chi connectivity index (χ1) is 14.3. The summed E-state index contributed by atoms with van der Waals surface area (Å²) >= 11 is 2.19. The molecule has 0 radical (unpaired) electrons. The van der Waals surface area contributed by atoms with E-state index in [2.05, 4.69) is 78.0 Å². The Morgan fingerprint density at radius 3 is 2.37 bits per heavy atom. The summed E-state index contributed by atoms with van der Waals surface area (Å²) in [7, 11) is 0. The van der Waals surface area contributed by atoms with Crippen molar-refractivity contribution in [1.82, 2.24) is 19.9 Å². The molecule has 5 nitrogen and oxygen atoms in total. The molecule has 1 N–H and O–H groups in total. The van der Waals surface area contributed by atoms with Gasteiger partial charge in [0, 0.05) is 11.1 Å². The highest BCUT2D eigenvalue weighted by atomic mass is 127. The fraction of sp³-hybridized carbons (Fsp3) is 0.208. The Labute approximate surface area is 189 Å². The molecule has 152 valence electrons. The zero-order valence-electron chi connectivity index (χ0n) is 17.2. The molecule has 0 spiro atoms. The smallest absolute Gasteiger partial charge is 0.251 e. The van der Waals surface area contributed by atoms with Gasteiger partial charge in [-0.15, -0.1) is 0 Å². The van der Waals surface area contributed by atoms with Gasteiger partial charge in [-0.1, -0.05) is 63.2 Å². The van der Waals surface area contributed by atoms with Gasteiger partial charge >= 0.3 is 0 Å². The normalized spacial score (nSPS) is 11.6. The Bertz CT molecular complexity index is 1190. The number of hydrogen-bond donors (Lipinski definition) is 1. The van der Waals surface area contributed by atoms with E-state index in [9.17, 15) is 4.79 Å². The molecule has 0 aliphatic carbocycles. The quantitative estimate of drug-likeness (QED) is 0.383. The third-order valence-electron chi connectivity index (χ3n) is 5.01. The van der Waals surface area contributed by atoms with E-state index in [0.29, 0.717) is 12.1 Å². The van der Waals surface area contributed by atoms with Crippen molar-refractivity contribution < 1.29 is 4.79 Å². The zero-order chi connectivity index (χ0) is 21.3. The van der Waals surface area contributed by atoms with Crippen molar-refractivity contribution >= 4 is 34.1 Å². The summed E-state index contributed by atoms with van der Waals surface area (Å²) in [5, 5.41) is 7.64. The lowest BCUT2D eigenvalue weighted by atomic mass is 9.86. The standard InChI is InChI=1S/C24H23IN4O/c1-24(2,3)18-11-9-16(10-12-18)22-19(29-21(27-22)14-13-20(25)28-29)15-26-23(30)17-7-5-4-6-8-17/h4-14H,15H2,1-3H3,(H,26,30). The summed E-state index contributed by atoms with van der Waals surface area (Å²) in [6.07, 6.45) is 0. The second kappa shape index (κ2) is 8.18. The minimum absolute atomic E-state index is 0.0849. The van der Waals surface area contributed by atoms with Crippen LogP contribution < -0.4 is 5.32 Å². The van der Waals surface area contributed by atoms with Gasteiger partial charge in [0.25, 0.3) is 5.91 Å². The molecular weight excluding hydrogens is 487 g/mol. The van der Waals surface area contributed by atoms with E-state index in [-0.39, 0.29) is 11.3 Å². The fourth-order valence-electron chi connectivity index (χ4n) is 3.33. The van der Waals surface area contributed by atoms with Crippen LogP contribution in [0.4, 0.5) is 0 Å². The van der Waals surface area contributed by atoms with Crippen molar-refractivity contribution in [3.05, 3.63) is 87.3 Å². The van der Waals surface area contributed by atoms with Crippen LogP contribution in [0.25, 0.3) is 16.9 Å². The highest BCUT2D eigenvalue weighted by Crippen LogP contribution is 2.28. The predicted octanol–water partition coefficient (Wildman–Crippen LogP) is 5.23. The molecule has 2 aromatic heterocycles. The summed E-state index contributed by atoms with van der Waals surface area (Å²) in [5.74, 6) is -0.120. The summed E-state index contributed by atoms with van der Waals surface area (Å²) in [5.41, 5.74) is 5.43. The van der Waals surface area contributed by atoms with E-state index in [0.717, 1.165) is 26.3 Å². The van der Waals surface area contributed by atoms with E-state index < -0.39 is 0 Å². The lowest BCUT2D eigenvalue weighted by Gasteiger charge is -2.19. The fourth-order valence-corrected chi connectivity index (χ4v) is 3.73. The topological polar surface area (TPSA) is 59.3 Å². The molecule has 0 aliphatic rings. The molecular formula is C24H23IN4O. The van der Waals surface area contributed by atoms with Crippen LogP contribution in [0, 0.1) is 3.70 Å². The number of amides is 1. The van der Waals surface area contributed by atoms with Gasteiger partial charge in [-0.05, 0) is 57.8 Å². The van der Waals surface area contributed by atoms with Gasteiger partial charge < -0.3 is 5.32 Å². The van der Waals surface area contributed by atoms with E-state index in [1.165, 1.54) is 5.56 Å². The molecule has 4 aromatic rings. The van der Waals surface area contributed by atoms with Crippen LogP contribution in [0.5, 0.6) is 0 Å². The van der Waals surface area contributed by atoms with Gasteiger partial charge in [-0.2, -0.15) is 5.10 Å². The molecule has 30 heavy (non-hydrogen) atoms. The van der Waals surface area contributed by atoms with Crippen molar-refractivity contribution in [2.75, 3.05) is 0 Å². The third kappa shape index (κ3) is 4.23. The molecule has 0 saturated heterocycles. The molecule has 4 rings (SSSR count). The number of fused-ring (bicyclic) bond motifs is 1. The maximum atomic E-state index is 12.6. The molecule has 0 unspecified atom stereocenters. The van der Waals surface area contributed by atoms with Crippen LogP contribution in [0.2, 0.25) is 0 Å². The van der Waals surface area contributed by atoms with E-state index >= 15 is 0 Å². The minimum atomic E-state index is -0.120. The number of nitrogens with one attached hydrogen (secondary N) is 1. The van der Waals surface area contributed by atoms with Crippen LogP contribution in [-0.4, -0.2) is 20.5 Å². The highest BCUT2D eigenvalue weighted by Gasteiger charge is 2.18. The number of aromatic nitrogens is 3. The molecule has 1 amide bonds. The lowest BCUT2D eigenvalue weighted by molar-refractivity contribution is 0.0950. The largest absolute Gasteiger partial charge is 0.346 e. The summed E-state index contributed by atoms with van der Waals surface area (Å²) in [6, 6.07) is 21.6. The van der Waals surface area contributed by atoms with Crippen LogP contribution in [0.1, 0.15) is 42.4 Å². The Kier molecular flexibility index (Phi) is 5.60. The van der Waals surface area contributed by atoms with Gasteiger partial charge in [0.2, 0.25) is 0 Å². The zero-order valence-corrected chi connectivity index (χ0v) is 19.3. The Morgan fingerprint density at radius 1 is 1.00 bits per heavy atom. The average molecular weight is 510 g/mol. The summed E-state index contributed by atoms with van der Waals surface area (Å²) < 4.78 is 2.68. The average Bonchev–Trinajstić information content (AvgIpc) is 3.09. The minimum Gasteiger partial charge on any atom is -0.346 e. The van der Waals surface area contributed by atoms with E-state index in [4.69, 9.17) is 4.98 Å². The summed E-state index contributed by atoms with van der Waals surface area (Å²) in [6.45, 7) is 6.92. The van der Waals surface area contributed by atoms with Gasteiger partial charge in [0.15, 0.2) is 5.65 Å². The molecule has 2 heterocycles. The van der Waals surface area contributed by atoms with Crippen molar-refractivity contribution in [1.29, 1.82) is 0 Å². The maximum Gasteiger partial charge on any atom is 0.251 e. The van der Waals surface area contributed by atoms with Gasteiger partial charge in [-0.3, -0.25) is 4.79 Å². The third-order valence-corrected chi connectivity index (χ3v) is 5.59. The SMILES string of the molecule is CC(C)(C)c1ccc(-c2nc3ccc(I)nn3c2CNC(=O)c2ccccc2)cc1. The first-order valence-electron chi connectivity index (χ1n) is 9.81. The number of hydrogen-bond acceptors (Lipinski definition) is 3. The molecule has 6 heteroatoms. The molecule has 0 aliphatic heterocycles. The molecule has 0 saturated carbocycles. The second-order valence-electron chi connectivity index (χ2n) is 8.21. The lowest BCUT2D eigenvalue weighted by Crippen LogP contribution is -2.24. The van der Waals surface area contributed by atoms with Gasteiger partial charge in [0.1, 0.15) is 3.70 Å². The molecule has 0 atom stereocenters. The first-order valence-corrected chi connectivity index (χ1v) is 10.9. The predicted molar refractivity (Wildman–Crippen MR) is 127 cm³/mol. The number of rotatable bonds is 4. The van der Waals surface area contributed by atoms with Crippen molar-refractivity contribution in [3.63, 3.8) is 0 Å². The first kappa shape index (κ1) is 20.5. The number of benzene rings is 2. The number of imidazole rings is 1. The Morgan fingerprint density at radius 2 is 1.70 bits per heavy atom. The number of carbonyl (C=O) groups is 1. The second-order valence-corrected chi connectivity index (χ2v) is 9.31. The van der Waals surface area contributed by atoms with Crippen molar-refractivity contribution in [2.24, 2.45) is 0 Å². The van der Waals surface area contributed by atoms with E-state index in [1.54, 1.807) is 12.1 Å². The number of nitrogens with zero attached hydrogens (tertiary/aromatic N) is 3. The van der Waals surface area contributed by atoms with Gasteiger partial charge in [0.05, 0.1) is 17.9 Å². The molecule has 0 fully saturated rings. The van der Waals surface area contributed by atoms with Crippen LogP contribution in [0.15, 0.2) is 66.7 Å². The van der Waals surface area contributed by atoms with Crippen LogP contribution >= 0.6 is 22.6 Å². The Balaban J connectivity index is 1.72. The van der Waals surface area contributed by atoms with Crippen LogP contribution in [-0.2, 0) is 12.0 Å². The molecule has 2 aromatic carbocycles. The maximum absolute atomic E-state index is 12.6. The highest BCUT2D eigenvalue weighted by molar-refractivity contribution is 14.1. The Hall–Kier alpha value is -2.74. The van der Waals surface area contributed by atoms with Gasteiger partial charge in [-0.25, -0.2) is 9.50 Å². The number of carbonyl (C=O) groups excluding carboxylic acids is 1. The molecule has 0 bridgehead atoms. The number of halogens is 1. The summed E-state index contributed by atoms with van der Waals surface area (Å²) in [4.78, 5) is 17.4. The van der Waals surface area contributed by atoms with Crippen molar-refractivity contribution in [2.45, 2.75) is 32.7 Å². The van der Waals surface area contributed by atoms with E-state index in [1.807, 2.05) is 34.8 Å². The van der Waals surface area contributed by atoms with Crippen molar-refractivity contribution in [3.8, 4) is 11.3 Å². The van der Waals surface area contributed by atoms with Crippen LogP contribution in [0.3, 0.4) is 0 Å².